The summed E-state index contributed by atoms with van der Waals surface area (Å²) >= 11 is 10.2. The van der Waals surface area contributed by atoms with Crippen LogP contribution in [0, 0.1) is 0 Å². The van der Waals surface area contributed by atoms with Crippen molar-refractivity contribution in [3.8, 4) is 0 Å². The van der Waals surface area contributed by atoms with E-state index in [0.29, 0.717) is 16.4 Å². The van der Waals surface area contributed by atoms with E-state index in [1.807, 2.05) is 18.2 Å². The number of nitrogens with one attached hydrogen (secondary N) is 1. The summed E-state index contributed by atoms with van der Waals surface area (Å²) < 4.78 is 2.46. The molecule has 88 valence electrons. The quantitative estimate of drug-likeness (QED) is 0.715. The maximum Gasteiger partial charge on any atom is 0.230 e. The highest BCUT2D eigenvalue weighted by Gasteiger charge is 2.07. The van der Waals surface area contributed by atoms with E-state index in [0.717, 1.165) is 14.6 Å². The van der Waals surface area contributed by atoms with Gasteiger partial charge in [-0.25, -0.2) is 4.98 Å². The molecule has 0 saturated carbocycles. The van der Waals surface area contributed by atoms with Gasteiger partial charge in [0.05, 0.1) is 5.69 Å². The average molecular weight is 423 g/mol. The Bertz CT molecular complexity index is 519. The van der Waals surface area contributed by atoms with Crippen molar-refractivity contribution in [3.05, 3.63) is 37.8 Å². The van der Waals surface area contributed by atoms with Gasteiger partial charge in [0.15, 0.2) is 0 Å². The zero-order valence-electron chi connectivity index (χ0n) is 8.42. The van der Waals surface area contributed by atoms with Crippen LogP contribution in [0.3, 0.4) is 0 Å². The first kappa shape index (κ1) is 12.8. The third kappa shape index (κ3) is 3.17. The summed E-state index contributed by atoms with van der Waals surface area (Å²) in [5.74, 6) is 0.835. The number of hydrogen-bond donors (Lipinski definition) is 2. The summed E-state index contributed by atoms with van der Waals surface area (Å²) in [6.07, 6.45) is 0. The molecule has 4 nitrogen and oxygen atoms in total. The summed E-state index contributed by atoms with van der Waals surface area (Å²) in [4.78, 5) is 8.28. The molecular formula is C10H7Br3N4. The number of nitrogens with zero attached hydrogens (tertiary/aromatic N) is 2. The van der Waals surface area contributed by atoms with Gasteiger partial charge >= 0.3 is 0 Å². The first-order valence-corrected chi connectivity index (χ1v) is 6.95. The van der Waals surface area contributed by atoms with Gasteiger partial charge in [0.25, 0.3) is 0 Å². The molecule has 0 saturated heterocycles. The molecule has 2 aromatic rings. The highest BCUT2D eigenvalue weighted by atomic mass is 79.9. The number of aromatic nitrogens is 2. The van der Waals surface area contributed by atoms with Gasteiger partial charge in [-0.05, 0) is 59.9 Å². The topological polar surface area (TPSA) is 63.8 Å². The molecule has 0 aliphatic rings. The van der Waals surface area contributed by atoms with Crippen molar-refractivity contribution >= 4 is 65.2 Å². The largest absolute Gasteiger partial charge is 0.383 e. The van der Waals surface area contributed by atoms with E-state index in [1.54, 1.807) is 6.07 Å². The zero-order valence-corrected chi connectivity index (χ0v) is 13.2. The lowest BCUT2D eigenvalue weighted by atomic mass is 10.3. The second-order valence-electron chi connectivity index (χ2n) is 3.16. The maximum absolute atomic E-state index is 5.64. The van der Waals surface area contributed by atoms with E-state index >= 15 is 0 Å². The fraction of sp³-hybridized carbons (Fsp3) is 0. The monoisotopic (exact) mass is 420 g/mol. The molecule has 0 radical (unpaired) electrons. The Morgan fingerprint density at radius 1 is 1.06 bits per heavy atom. The van der Waals surface area contributed by atoms with Crippen molar-refractivity contribution in [2.24, 2.45) is 0 Å². The van der Waals surface area contributed by atoms with Gasteiger partial charge in [-0.15, -0.1) is 0 Å². The van der Waals surface area contributed by atoms with Crippen LogP contribution in [0.1, 0.15) is 0 Å². The lowest BCUT2D eigenvalue weighted by Gasteiger charge is -2.09. The highest BCUT2D eigenvalue weighted by molar-refractivity contribution is 9.11. The molecule has 1 aromatic carbocycles. The number of para-hydroxylation sites is 1. The Labute approximate surface area is 123 Å². The van der Waals surface area contributed by atoms with Crippen LogP contribution in [-0.4, -0.2) is 9.97 Å². The standard InChI is InChI=1S/C10H7Br3N4/c11-5-2-1-3-6(12)9(5)17-10-15-7(13)4-8(14)16-10/h1-4H,(H3,14,15,16,17). The number of nitrogens with two attached hydrogens (primary N) is 1. The van der Waals surface area contributed by atoms with Crippen LogP contribution in [-0.2, 0) is 0 Å². The number of hydrogen-bond acceptors (Lipinski definition) is 4. The fourth-order valence-electron chi connectivity index (χ4n) is 1.22. The Hall–Kier alpha value is -0.660. The van der Waals surface area contributed by atoms with Crippen molar-refractivity contribution in [1.29, 1.82) is 0 Å². The second kappa shape index (κ2) is 5.32. The van der Waals surface area contributed by atoms with Crippen molar-refractivity contribution < 1.29 is 0 Å². The molecule has 0 spiro atoms. The van der Waals surface area contributed by atoms with E-state index in [-0.39, 0.29) is 0 Å². The van der Waals surface area contributed by atoms with Crippen LogP contribution in [0.4, 0.5) is 17.5 Å². The Morgan fingerprint density at radius 3 is 2.29 bits per heavy atom. The van der Waals surface area contributed by atoms with E-state index in [4.69, 9.17) is 5.73 Å². The van der Waals surface area contributed by atoms with Crippen LogP contribution in [0.15, 0.2) is 37.8 Å². The first-order valence-electron chi connectivity index (χ1n) is 4.57. The summed E-state index contributed by atoms with van der Waals surface area (Å²) in [5.41, 5.74) is 6.50. The molecular weight excluding hydrogens is 416 g/mol. The lowest BCUT2D eigenvalue weighted by molar-refractivity contribution is 1.15. The number of anilines is 3. The Balaban J connectivity index is 2.38. The van der Waals surface area contributed by atoms with Gasteiger partial charge in [0.1, 0.15) is 10.4 Å². The molecule has 0 bridgehead atoms. The molecule has 0 fully saturated rings. The van der Waals surface area contributed by atoms with Crippen LogP contribution in [0.5, 0.6) is 0 Å². The predicted octanol–water partition coefficient (Wildman–Crippen LogP) is 4.09. The van der Waals surface area contributed by atoms with Crippen molar-refractivity contribution in [1.82, 2.24) is 9.97 Å². The molecule has 7 heteroatoms. The third-order valence-corrected chi connectivity index (χ3v) is 3.64. The SMILES string of the molecule is Nc1cc(Br)nc(Nc2c(Br)cccc2Br)n1. The van der Waals surface area contributed by atoms with Crippen LogP contribution in [0.25, 0.3) is 0 Å². The minimum absolute atomic E-state index is 0.401. The zero-order chi connectivity index (χ0) is 12.4. The van der Waals surface area contributed by atoms with Crippen LogP contribution < -0.4 is 11.1 Å². The minimum atomic E-state index is 0.401. The van der Waals surface area contributed by atoms with E-state index < -0.39 is 0 Å². The van der Waals surface area contributed by atoms with Gasteiger partial charge in [-0.2, -0.15) is 4.98 Å². The normalized spacial score (nSPS) is 10.3. The number of halogens is 3. The summed E-state index contributed by atoms with van der Waals surface area (Å²) in [6, 6.07) is 7.42. The molecule has 2 rings (SSSR count). The Morgan fingerprint density at radius 2 is 1.71 bits per heavy atom. The number of rotatable bonds is 2. The fourth-order valence-corrected chi connectivity index (χ4v) is 2.82. The average Bonchev–Trinajstić information content (AvgIpc) is 2.22. The summed E-state index contributed by atoms with van der Waals surface area (Å²) in [7, 11) is 0. The molecule has 3 N–H and O–H groups in total. The Kier molecular flexibility index (Phi) is 4.01. The molecule has 0 aliphatic heterocycles. The molecule has 1 heterocycles. The third-order valence-electron chi connectivity index (χ3n) is 1.91. The molecule has 17 heavy (non-hydrogen) atoms. The lowest BCUT2D eigenvalue weighted by Crippen LogP contribution is -2.01. The molecule has 0 aliphatic carbocycles. The number of nitrogen functional groups attached to an aromatic ring is 1. The van der Waals surface area contributed by atoms with Gasteiger partial charge in [-0.1, -0.05) is 6.07 Å². The molecule has 1 aromatic heterocycles. The van der Waals surface area contributed by atoms with Gasteiger partial charge in [0.2, 0.25) is 5.95 Å². The van der Waals surface area contributed by atoms with Gasteiger partial charge in [0, 0.05) is 15.0 Å². The van der Waals surface area contributed by atoms with Crippen molar-refractivity contribution in [3.63, 3.8) is 0 Å². The maximum atomic E-state index is 5.64. The van der Waals surface area contributed by atoms with Crippen LogP contribution >= 0.6 is 47.8 Å². The molecule has 0 amide bonds. The van der Waals surface area contributed by atoms with E-state index in [1.165, 1.54) is 0 Å². The van der Waals surface area contributed by atoms with Gasteiger partial charge < -0.3 is 11.1 Å². The minimum Gasteiger partial charge on any atom is -0.383 e. The first-order chi connectivity index (χ1) is 8.06. The summed E-state index contributed by atoms with van der Waals surface area (Å²) in [5, 5.41) is 3.10. The smallest absolute Gasteiger partial charge is 0.230 e. The van der Waals surface area contributed by atoms with Crippen molar-refractivity contribution in [2.45, 2.75) is 0 Å². The van der Waals surface area contributed by atoms with Crippen molar-refractivity contribution in [2.75, 3.05) is 11.1 Å². The van der Waals surface area contributed by atoms with E-state index in [2.05, 4.69) is 63.1 Å². The van der Waals surface area contributed by atoms with E-state index in [9.17, 15) is 0 Å². The molecule has 0 atom stereocenters. The number of benzene rings is 1. The summed E-state index contributed by atoms with van der Waals surface area (Å²) in [6.45, 7) is 0. The molecule has 0 unspecified atom stereocenters. The van der Waals surface area contributed by atoms with Gasteiger partial charge in [-0.3, -0.25) is 0 Å². The second-order valence-corrected chi connectivity index (χ2v) is 5.68. The van der Waals surface area contributed by atoms with Crippen LogP contribution in [0.2, 0.25) is 0 Å². The highest BCUT2D eigenvalue weighted by Crippen LogP contribution is 2.32. The predicted molar refractivity (Wildman–Crippen MR) is 79.3 cm³/mol.